The molecule has 0 amide bonds. The third-order valence-electron chi connectivity index (χ3n) is 1.96. The zero-order chi connectivity index (χ0) is 11.4. The zero-order valence-corrected chi connectivity index (χ0v) is 10.4. The van der Waals surface area contributed by atoms with Crippen molar-refractivity contribution < 1.29 is 14.6 Å². The van der Waals surface area contributed by atoms with Gasteiger partial charge in [0, 0.05) is 5.02 Å². The van der Waals surface area contributed by atoms with Crippen molar-refractivity contribution in [1.29, 1.82) is 0 Å². The number of alkyl halides is 1. The van der Waals surface area contributed by atoms with Crippen LogP contribution in [0.5, 0.6) is 5.75 Å². The van der Waals surface area contributed by atoms with E-state index in [1.807, 2.05) is 0 Å². The first-order valence-electron chi connectivity index (χ1n) is 4.20. The summed E-state index contributed by atoms with van der Waals surface area (Å²) in [6.45, 7) is -0.183. The van der Waals surface area contributed by atoms with Crippen LogP contribution in [0.3, 0.4) is 0 Å². The summed E-state index contributed by atoms with van der Waals surface area (Å²) in [5.74, 6) is 0.311. The van der Waals surface area contributed by atoms with Crippen LogP contribution < -0.4 is 4.74 Å². The van der Waals surface area contributed by atoms with Gasteiger partial charge in [0.15, 0.2) is 5.78 Å². The van der Waals surface area contributed by atoms with E-state index in [2.05, 4.69) is 15.9 Å². The number of benzene rings is 1. The number of ketones is 1. The molecule has 0 aromatic heterocycles. The van der Waals surface area contributed by atoms with Crippen molar-refractivity contribution in [2.45, 2.75) is 6.61 Å². The van der Waals surface area contributed by atoms with Crippen LogP contribution in [0.25, 0.3) is 0 Å². The van der Waals surface area contributed by atoms with Gasteiger partial charge in [-0.15, -0.1) is 0 Å². The number of ether oxygens (including phenoxy) is 1. The second-order valence-corrected chi connectivity index (χ2v) is 3.83. The maximum absolute atomic E-state index is 11.5. The van der Waals surface area contributed by atoms with E-state index in [-0.39, 0.29) is 17.7 Å². The number of methoxy groups -OCH3 is 1. The topological polar surface area (TPSA) is 46.5 Å². The second kappa shape index (κ2) is 5.49. The van der Waals surface area contributed by atoms with Crippen molar-refractivity contribution in [3.8, 4) is 5.75 Å². The van der Waals surface area contributed by atoms with Crippen molar-refractivity contribution in [3.63, 3.8) is 0 Å². The molecule has 0 aliphatic heterocycles. The van der Waals surface area contributed by atoms with Crippen LogP contribution in [0, 0.1) is 0 Å². The third-order valence-corrected chi connectivity index (χ3v) is 2.82. The van der Waals surface area contributed by atoms with E-state index in [0.717, 1.165) is 0 Å². The van der Waals surface area contributed by atoms with Crippen molar-refractivity contribution in [3.05, 3.63) is 28.3 Å². The summed E-state index contributed by atoms with van der Waals surface area (Å²) in [6, 6.07) is 3.08. The number of aliphatic hydroxyl groups excluding tert-OH is 1. The van der Waals surface area contributed by atoms with Gasteiger partial charge in [-0.2, -0.15) is 0 Å². The molecule has 1 N–H and O–H groups in total. The number of carbonyl (C=O) groups excluding carboxylic acids is 1. The summed E-state index contributed by atoms with van der Waals surface area (Å²) in [5, 5.41) is 9.56. The molecule has 1 aromatic rings. The average Bonchev–Trinajstić information content (AvgIpc) is 2.27. The first-order valence-corrected chi connectivity index (χ1v) is 5.70. The van der Waals surface area contributed by atoms with Crippen LogP contribution >= 0.6 is 27.5 Å². The third kappa shape index (κ3) is 2.71. The van der Waals surface area contributed by atoms with Crippen molar-refractivity contribution >= 4 is 33.3 Å². The molecule has 5 heteroatoms. The van der Waals surface area contributed by atoms with Gasteiger partial charge in [-0.25, -0.2) is 0 Å². The molecule has 15 heavy (non-hydrogen) atoms. The van der Waals surface area contributed by atoms with Crippen LogP contribution in [0.4, 0.5) is 0 Å². The van der Waals surface area contributed by atoms with E-state index in [1.54, 1.807) is 6.07 Å². The summed E-state index contributed by atoms with van der Waals surface area (Å²) < 4.78 is 5.05. The van der Waals surface area contributed by atoms with Gasteiger partial charge in [-0.05, 0) is 17.7 Å². The summed E-state index contributed by atoms with van der Waals surface area (Å²) in [6.07, 6.45) is 0. The molecular weight excluding hydrogens is 283 g/mol. The highest BCUT2D eigenvalue weighted by molar-refractivity contribution is 9.09. The molecule has 1 aromatic carbocycles. The molecule has 0 atom stereocenters. The fourth-order valence-corrected chi connectivity index (χ4v) is 1.70. The first kappa shape index (κ1) is 12.5. The Balaban J connectivity index is 3.27. The highest BCUT2D eigenvalue weighted by atomic mass is 79.9. The minimum Gasteiger partial charge on any atom is -0.496 e. The number of Topliss-reactive ketones (excluding diaryl/α,β-unsaturated/α-hetero) is 1. The molecule has 0 spiro atoms. The van der Waals surface area contributed by atoms with Gasteiger partial charge in [0.1, 0.15) is 5.75 Å². The Kier molecular flexibility index (Phi) is 4.57. The minimum absolute atomic E-state index is 0.113. The van der Waals surface area contributed by atoms with E-state index < -0.39 is 0 Å². The Labute approximate surface area is 101 Å². The van der Waals surface area contributed by atoms with Gasteiger partial charge >= 0.3 is 0 Å². The lowest BCUT2D eigenvalue weighted by Crippen LogP contribution is -2.04. The second-order valence-electron chi connectivity index (χ2n) is 2.86. The standard InChI is InChI=1S/C10H10BrClO3/c1-15-10-2-6(5-13)8(12)3-7(10)9(14)4-11/h2-3,13H,4-5H2,1H3. The Morgan fingerprint density at radius 2 is 2.27 bits per heavy atom. The monoisotopic (exact) mass is 292 g/mol. The predicted molar refractivity (Wildman–Crippen MR) is 62.1 cm³/mol. The van der Waals surface area contributed by atoms with E-state index in [0.29, 0.717) is 21.9 Å². The first-order chi connectivity index (χ1) is 7.13. The molecule has 1 rings (SSSR count). The average molecular weight is 294 g/mol. The maximum atomic E-state index is 11.5. The Bertz CT molecular complexity index is 379. The van der Waals surface area contributed by atoms with Gasteiger partial charge in [0.2, 0.25) is 0 Å². The lowest BCUT2D eigenvalue weighted by Gasteiger charge is -2.09. The van der Waals surface area contributed by atoms with E-state index in [4.69, 9.17) is 21.4 Å². The predicted octanol–water partition coefficient (Wildman–Crippen LogP) is 2.42. The number of hydrogen-bond acceptors (Lipinski definition) is 3. The smallest absolute Gasteiger partial charge is 0.177 e. The van der Waals surface area contributed by atoms with Crippen molar-refractivity contribution in [2.24, 2.45) is 0 Å². The molecule has 0 fully saturated rings. The van der Waals surface area contributed by atoms with Gasteiger partial charge < -0.3 is 9.84 Å². The Morgan fingerprint density at radius 1 is 1.60 bits per heavy atom. The normalized spacial score (nSPS) is 10.1. The summed E-state index contributed by atoms with van der Waals surface area (Å²) in [5.41, 5.74) is 0.955. The van der Waals surface area contributed by atoms with Crippen LogP contribution in [-0.4, -0.2) is 23.3 Å². The Morgan fingerprint density at radius 3 is 2.73 bits per heavy atom. The largest absolute Gasteiger partial charge is 0.496 e. The SMILES string of the molecule is COc1cc(CO)c(Cl)cc1C(=O)CBr. The van der Waals surface area contributed by atoms with E-state index >= 15 is 0 Å². The molecule has 0 unspecified atom stereocenters. The molecule has 82 valence electrons. The molecule has 0 bridgehead atoms. The summed E-state index contributed by atoms with van der Waals surface area (Å²) in [7, 11) is 1.47. The minimum atomic E-state index is -0.183. The Hall–Kier alpha value is -0.580. The van der Waals surface area contributed by atoms with Crippen LogP contribution in [0.1, 0.15) is 15.9 Å². The zero-order valence-electron chi connectivity index (χ0n) is 8.09. The summed E-state index contributed by atoms with van der Waals surface area (Å²) >= 11 is 8.95. The lowest BCUT2D eigenvalue weighted by molar-refractivity contribution is 0.102. The number of halogens is 2. The van der Waals surface area contributed by atoms with E-state index in [1.165, 1.54) is 13.2 Å². The quantitative estimate of drug-likeness (QED) is 0.685. The van der Waals surface area contributed by atoms with Gasteiger partial charge in [0.25, 0.3) is 0 Å². The lowest BCUT2D eigenvalue weighted by atomic mass is 10.1. The fraction of sp³-hybridized carbons (Fsp3) is 0.300. The summed E-state index contributed by atoms with van der Waals surface area (Å²) in [4.78, 5) is 11.5. The molecular formula is C10H10BrClO3. The molecule has 0 saturated carbocycles. The van der Waals surface area contributed by atoms with E-state index in [9.17, 15) is 4.79 Å². The molecule has 0 aliphatic rings. The highest BCUT2D eigenvalue weighted by Gasteiger charge is 2.14. The molecule has 0 aliphatic carbocycles. The molecule has 0 radical (unpaired) electrons. The highest BCUT2D eigenvalue weighted by Crippen LogP contribution is 2.27. The molecule has 3 nitrogen and oxygen atoms in total. The van der Waals surface area contributed by atoms with Gasteiger partial charge in [-0.3, -0.25) is 4.79 Å². The van der Waals surface area contributed by atoms with Crippen LogP contribution in [0.15, 0.2) is 12.1 Å². The van der Waals surface area contributed by atoms with Crippen LogP contribution in [-0.2, 0) is 6.61 Å². The number of aliphatic hydroxyl groups is 1. The maximum Gasteiger partial charge on any atom is 0.177 e. The van der Waals surface area contributed by atoms with Crippen molar-refractivity contribution in [2.75, 3.05) is 12.4 Å². The molecule has 0 saturated heterocycles. The van der Waals surface area contributed by atoms with Crippen molar-refractivity contribution in [1.82, 2.24) is 0 Å². The number of carbonyl (C=O) groups is 1. The molecule has 0 heterocycles. The number of hydrogen-bond donors (Lipinski definition) is 1. The van der Waals surface area contributed by atoms with Crippen LogP contribution in [0.2, 0.25) is 5.02 Å². The van der Waals surface area contributed by atoms with Gasteiger partial charge in [0.05, 0.1) is 24.6 Å². The van der Waals surface area contributed by atoms with Gasteiger partial charge in [-0.1, -0.05) is 27.5 Å². The number of rotatable bonds is 4. The fourth-order valence-electron chi connectivity index (χ4n) is 1.18.